The number of morpholine rings is 1. The van der Waals surface area contributed by atoms with Crippen LogP contribution in [-0.4, -0.2) is 61.6 Å². The molecule has 1 aromatic carbocycles. The van der Waals surface area contributed by atoms with Crippen LogP contribution in [0, 0.1) is 0 Å². The summed E-state index contributed by atoms with van der Waals surface area (Å²) in [6, 6.07) is 10.7. The molecule has 1 aliphatic carbocycles. The van der Waals surface area contributed by atoms with Gasteiger partial charge >= 0.3 is 0 Å². The average Bonchev–Trinajstić information content (AvgIpc) is 3.42. The molecule has 5 nitrogen and oxygen atoms in total. The predicted molar refractivity (Wildman–Crippen MR) is 96.9 cm³/mol. The van der Waals surface area contributed by atoms with Gasteiger partial charge < -0.3 is 19.9 Å². The number of likely N-dealkylation sites (N-methyl/N-ethyl adjacent to an activating group) is 1. The number of carbonyl (C=O) groups is 1. The van der Waals surface area contributed by atoms with E-state index in [0.29, 0.717) is 5.92 Å². The van der Waals surface area contributed by atoms with E-state index >= 15 is 0 Å². The Hall–Kier alpha value is -2.27. The fourth-order valence-electron chi connectivity index (χ4n) is 3.58. The van der Waals surface area contributed by atoms with Gasteiger partial charge in [0, 0.05) is 44.3 Å². The third-order valence-corrected chi connectivity index (χ3v) is 5.21. The first-order valence-corrected chi connectivity index (χ1v) is 9.04. The molecule has 1 saturated heterocycles. The molecule has 1 N–H and O–H groups in total. The van der Waals surface area contributed by atoms with Crippen LogP contribution >= 0.6 is 0 Å². The molecule has 3 aliphatic rings. The molecule has 2 aliphatic heterocycles. The van der Waals surface area contributed by atoms with Crippen molar-refractivity contribution in [3.8, 4) is 0 Å². The van der Waals surface area contributed by atoms with E-state index in [-0.39, 0.29) is 11.9 Å². The number of carbonyl (C=O) groups excluding carboxylic acids is 1. The zero-order chi connectivity index (χ0) is 17.2. The molecular weight excluding hydrogens is 314 g/mol. The van der Waals surface area contributed by atoms with Gasteiger partial charge in [0.25, 0.3) is 5.91 Å². The second kappa shape index (κ2) is 6.92. The summed E-state index contributed by atoms with van der Waals surface area (Å²) >= 11 is 0. The SMILES string of the molecule is CN1CC=C(N2CCOCC2)C=C1C(=O)N[C@@H]1C[C@H]1c1ccccc1. The van der Waals surface area contributed by atoms with E-state index < -0.39 is 0 Å². The van der Waals surface area contributed by atoms with E-state index in [4.69, 9.17) is 4.74 Å². The zero-order valence-corrected chi connectivity index (χ0v) is 14.6. The van der Waals surface area contributed by atoms with Gasteiger partial charge in [-0.2, -0.15) is 0 Å². The van der Waals surface area contributed by atoms with Crippen molar-refractivity contribution in [3.05, 3.63) is 59.4 Å². The summed E-state index contributed by atoms with van der Waals surface area (Å²) < 4.78 is 5.42. The van der Waals surface area contributed by atoms with Gasteiger partial charge in [-0.25, -0.2) is 0 Å². The average molecular weight is 339 g/mol. The lowest BCUT2D eigenvalue weighted by Crippen LogP contribution is -2.40. The Kier molecular flexibility index (Phi) is 4.49. The predicted octanol–water partition coefficient (Wildman–Crippen LogP) is 1.70. The van der Waals surface area contributed by atoms with Crippen molar-refractivity contribution >= 4 is 5.91 Å². The Bertz CT molecular complexity index is 692. The van der Waals surface area contributed by atoms with Gasteiger partial charge in [0.05, 0.1) is 13.2 Å². The smallest absolute Gasteiger partial charge is 0.267 e. The number of ether oxygens (including phenoxy) is 1. The number of hydrogen-bond donors (Lipinski definition) is 1. The zero-order valence-electron chi connectivity index (χ0n) is 14.6. The van der Waals surface area contributed by atoms with Crippen molar-refractivity contribution in [2.45, 2.75) is 18.4 Å². The summed E-state index contributed by atoms with van der Waals surface area (Å²) in [4.78, 5) is 17.1. The molecular formula is C20H25N3O2. The molecule has 0 radical (unpaired) electrons. The van der Waals surface area contributed by atoms with E-state index in [9.17, 15) is 4.79 Å². The second-order valence-corrected chi connectivity index (χ2v) is 6.97. The minimum absolute atomic E-state index is 0.0322. The topological polar surface area (TPSA) is 44.8 Å². The third kappa shape index (κ3) is 3.56. The summed E-state index contributed by atoms with van der Waals surface area (Å²) in [7, 11) is 1.97. The van der Waals surface area contributed by atoms with Crippen LogP contribution in [0.5, 0.6) is 0 Å². The minimum atomic E-state index is 0.0322. The van der Waals surface area contributed by atoms with Crippen LogP contribution in [0.1, 0.15) is 17.9 Å². The van der Waals surface area contributed by atoms with Crippen molar-refractivity contribution < 1.29 is 9.53 Å². The number of amides is 1. The number of rotatable bonds is 4. The molecule has 4 rings (SSSR count). The van der Waals surface area contributed by atoms with Crippen LogP contribution in [0.25, 0.3) is 0 Å². The summed E-state index contributed by atoms with van der Waals surface area (Å²) in [5.74, 6) is 0.485. The fraction of sp³-hybridized carbons (Fsp3) is 0.450. The molecule has 0 unspecified atom stereocenters. The third-order valence-electron chi connectivity index (χ3n) is 5.21. The lowest BCUT2D eigenvalue weighted by atomic mass is 10.1. The Morgan fingerprint density at radius 1 is 1.20 bits per heavy atom. The first kappa shape index (κ1) is 16.2. The van der Waals surface area contributed by atoms with Gasteiger partial charge in [-0.3, -0.25) is 4.79 Å². The first-order chi connectivity index (χ1) is 12.2. The molecule has 132 valence electrons. The highest BCUT2D eigenvalue weighted by atomic mass is 16.5. The van der Waals surface area contributed by atoms with E-state index in [0.717, 1.165) is 50.7 Å². The maximum atomic E-state index is 12.8. The van der Waals surface area contributed by atoms with Crippen LogP contribution in [0.3, 0.4) is 0 Å². The number of nitrogens with one attached hydrogen (secondary N) is 1. The van der Waals surface area contributed by atoms with Crippen molar-refractivity contribution in [2.24, 2.45) is 0 Å². The summed E-state index contributed by atoms with van der Waals surface area (Å²) in [5.41, 5.74) is 3.21. The number of allylic oxidation sites excluding steroid dienone is 1. The standard InChI is InChI=1S/C20H25N3O2/c1-22-8-7-16(23-9-11-25-12-10-23)13-19(22)20(24)21-18-14-17(18)15-5-3-2-4-6-15/h2-7,13,17-18H,8-12,14H2,1H3,(H,21,24)/t17-,18+/m0/s1. The second-order valence-electron chi connectivity index (χ2n) is 6.97. The molecule has 5 heteroatoms. The monoisotopic (exact) mass is 339 g/mol. The van der Waals surface area contributed by atoms with Crippen molar-refractivity contribution in [2.75, 3.05) is 39.9 Å². The van der Waals surface area contributed by atoms with Crippen molar-refractivity contribution in [1.29, 1.82) is 0 Å². The molecule has 2 atom stereocenters. The highest BCUT2D eigenvalue weighted by molar-refractivity contribution is 5.94. The molecule has 2 heterocycles. The van der Waals surface area contributed by atoms with Gasteiger partial charge in [0.15, 0.2) is 0 Å². The van der Waals surface area contributed by atoms with Crippen LogP contribution in [0.4, 0.5) is 0 Å². The van der Waals surface area contributed by atoms with Gasteiger partial charge in [-0.05, 0) is 24.1 Å². The molecule has 0 spiro atoms. The van der Waals surface area contributed by atoms with Crippen LogP contribution < -0.4 is 5.32 Å². The lowest BCUT2D eigenvalue weighted by Gasteiger charge is -2.33. The summed E-state index contributed by atoms with van der Waals surface area (Å²) in [5, 5.41) is 3.21. The first-order valence-electron chi connectivity index (χ1n) is 9.04. The van der Waals surface area contributed by atoms with Gasteiger partial charge in [0.1, 0.15) is 5.70 Å². The Morgan fingerprint density at radius 3 is 2.72 bits per heavy atom. The van der Waals surface area contributed by atoms with E-state index in [1.807, 2.05) is 24.1 Å². The van der Waals surface area contributed by atoms with E-state index in [1.54, 1.807) is 0 Å². The van der Waals surface area contributed by atoms with Crippen LogP contribution in [0.2, 0.25) is 0 Å². The molecule has 0 aromatic heterocycles. The molecule has 2 fully saturated rings. The maximum Gasteiger partial charge on any atom is 0.267 e. The Morgan fingerprint density at radius 2 is 1.96 bits per heavy atom. The normalized spacial score (nSPS) is 26.0. The molecule has 1 saturated carbocycles. The Balaban J connectivity index is 1.40. The molecule has 1 aromatic rings. The van der Waals surface area contributed by atoms with Crippen LogP contribution in [-0.2, 0) is 9.53 Å². The minimum Gasteiger partial charge on any atom is -0.378 e. The fourth-order valence-corrected chi connectivity index (χ4v) is 3.58. The van der Waals surface area contributed by atoms with Gasteiger partial charge in [-0.1, -0.05) is 30.3 Å². The number of benzene rings is 1. The quantitative estimate of drug-likeness (QED) is 0.907. The molecule has 0 bridgehead atoms. The number of nitrogens with zero attached hydrogens (tertiary/aromatic N) is 2. The maximum absolute atomic E-state index is 12.8. The summed E-state index contributed by atoms with van der Waals surface area (Å²) in [6.45, 7) is 4.05. The lowest BCUT2D eigenvalue weighted by molar-refractivity contribution is -0.119. The van der Waals surface area contributed by atoms with Gasteiger partial charge in [0.2, 0.25) is 0 Å². The van der Waals surface area contributed by atoms with E-state index in [1.165, 1.54) is 5.56 Å². The molecule has 1 amide bonds. The highest BCUT2D eigenvalue weighted by Crippen LogP contribution is 2.40. The number of hydrogen-bond acceptors (Lipinski definition) is 4. The van der Waals surface area contributed by atoms with Crippen molar-refractivity contribution in [1.82, 2.24) is 15.1 Å². The Labute approximate surface area is 148 Å². The van der Waals surface area contributed by atoms with E-state index in [2.05, 4.69) is 40.6 Å². The van der Waals surface area contributed by atoms with Gasteiger partial charge in [-0.15, -0.1) is 0 Å². The highest BCUT2D eigenvalue weighted by Gasteiger charge is 2.40. The van der Waals surface area contributed by atoms with Crippen molar-refractivity contribution in [3.63, 3.8) is 0 Å². The largest absolute Gasteiger partial charge is 0.378 e. The molecule has 25 heavy (non-hydrogen) atoms. The summed E-state index contributed by atoms with van der Waals surface area (Å²) in [6.07, 6.45) is 5.23. The van der Waals surface area contributed by atoms with Crippen LogP contribution in [0.15, 0.2) is 53.9 Å².